The topological polar surface area (TPSA) is 99.0 Å². The zero-order valence-corrected chi connectivity index (χ0v) is 15.4. The second-order valence-corrected chi connectivity index (χ2v) is 7.13. The predicted molar refractivity (Wildman–Crippen MR) is 97.8 cm³/mol. The van der Waals surface area contributed by atoms with Crippen molar-refractivity contribution < 1.29 is 24.0 Å². The van der Waals surface area contributed by atoms with Crippen LogP contribution in [0.5, 0.6) is 5.75 Å². The van der Waals surface area contributed by atoms with Crippen LogP contribution in [0, 0.1) is 10.1 Å². The maximum Gasteiger partial charge on any atom is 0.349 e. The number of rotatable bonds is 8. The number of benzene rings is 1. The molecule has 1 fully saturated rings. The lowest BCUT2D eigenvalue weighted by molar-refractivity contribution is -0.380. The Morgan fingerprint density at radius 1 is 1.22 bits per heavy atom. The molecule has 0 radical (unpaired) electrons. The van der Waals surface area contributed by atoms with Crippen LogP contribution in [0.1, 0.15) is 28.1 Å². The van der Waals surface area contributed by atoms with Gasteiger partial charge >= 0.3 is 11.0 Å². The molecule has 9 heteroatoms. The molecule has 1 saturated carbocycles. The van der Waals surface area contributed by atoms with E-state index in [0.29, 0.717) is 6.54 Å². The molecule has 0 spiro atoms. The number of hydrogen-bond acceptors (Lipinski definition) is 7. The van der Waals surface area contributed by atoms with Crippen molar-refractivity contribution in [1.82, 2.24) is 4.90 Å². The molecule has 0 unspecified atom stereocenters. The van der Waals surface area contributed by atoms with Crippen LogP contribution in [0.15, 0.2) is 36.4 Å². The predicted octanol–water partition coefficient (Wildman–Crippen LogP) is 3.01. The van der Waals surface area contributed by atoms with E-state index in [9.17, 15) is 19.7 Å². The molecule has 1 aliphatic carbocycles. The highest BCUT2D eigenvalue weighted by Gasteiger charge is 2.33. The number of thiophene rings is 1. The normalized spacial score (nSPS) is 13.1. The summed E-state index contributed by atoms with van der Waals surface area (Å²) in [6.07, 6.45) is 1.85. The molecule has 2 aromatic rings. The van der Waals surface area contributed by atoms with Gasteiger partial charge in [-0.05, 0) is 36.6 Å². The molecule has 0 saturated heterocycles. The minimum atomic E-state index is -0.735. The molecule has 27 heavy (non-hydrogen) atoms. The number of hydrogen-bond donors (Lipinski definition) is 0. The van der Waals surface area contributed by atoms with Crippen LogP contribution in [0.2, 0.25) is 0 Å². The zero-order valence-electron chi connectivity index (χ0n) is 14.6. The number of amides is 1. The first-order valence-electron chi connectivity index (χ1n) is 8.31. The third kappa shape index (κ3) is 4.82. The van der Waals surface area contributed by atoms with Crippen molar-refractivity contribution in [2.75, 3.05) is 13.7 Å². The van der Waals surface area contributed by atoms with Crippen LogP contribution < -0.4 is 4.74 Å². The molecule has 0 aliphatic heterocycles. The second-order valence-electron chi connectivity index (χ2n) is 6.07. The van der Waals surface area contributed by atoms with Gasteiger partial charge in [0.15, 0.2) is 6.61 Å². The van der Waals surface area contributed by atoms with E-state index >= 15 is 0 Å². The zero-order chi connectivity index (χ0) is 19.4. The summed E-state index contributed by atoms with van der Waals surface area (Å²) in [6, 6.07) is 10.1. The van der Waals surface area contributed by atoms with Gasteiger partial charge in [-0.25, -0.2) is 4.79 Å². The molecule has 3 rings (SSSR count). The molecule has 0 bridgehead atoms. The van der Waals surface area contributed by atoms with Gasteiger partial charge in [0, 0.05) is 18.7 Å². The molecule has 0 atom stereocenters. The molecule has 0 N–H and O–H groups in total. The quantitative estimate of drug-likeness (QED) is 0.390. The highest BCUT2D eigenvalue weighted by Crippen LogP contribution is 2.29. The van der Waals surface area contributed by atoms with Crippen LogP contribution in [0.3, 0.4) is 0 Å². The minimum absolute atomic E-state index is 0.0997. The van der Waals surface area contributed by atoms with E-state index < -0.39 is 17.5 Å². The van der Waals surface area contributed by atoms with Crippen molar-refractivity contribution in [2.24, 2.45) is 0 Å². The van der Waals surface area contributed by atoms with Crippen LogP contribution in [0.4, 0.5) is 5.00 Å². The fourth-order valence-corrected chi connectivity index (χ4v) is 3.27. The lowest BCUT2D eigenvalue weighted by atomic mass is 10.2. The first kappa shape index (κ1) is 18.8. The summed E-state index contributed by atoms with van der Waals surface area (Å²) in [6.45, 7) is 0.0344. The van der Waals surface area contributed by atoms with Crippen molar-refractivity contribution in [1.29, 1.82) is 0 Å². The summed E-state index contributed by atoms with van der Waals surface area (Å²) in [5.41, 5.74) is 0.955. The Morgan fingerprint density at radius 2 is 1.93 bits per heavy atom. The molecule has 1 aliphatic rings. The number of carbonyl (C=O) groups excluding carboxylic acids is 2. The lowest BCUT2D eigenvalue weighted by Gasteiger charge is -2.22. The van der Waals surface area contributed by atoms with Gasteiger partial charge in [0.1, 0.15) is 10.6 Å². The van der Waals surface area contributed by atoms with E-state index in [-0.39, 0.29) is 21.8 Å². The van der Waals surface area contributed by atoms with Gasteiger partial charge in [-0.2, -0.15) is 0 Å². The highest BCUT2D eigenvalue weighted by molar-refractivity contribution is 7.17. The van der Waals surface area contributed by atoms with Gasteiger partial charge in [-0.15, -0.1) is 0 Å². The van der Waals surface area contributed by atoms with Gasteiger partial charge in [-0.1, -0.05) is 23.5 Å². The smallest absolute Gasteiger partial charge is 0.349 e. The van der Waals surface area contributed by atoms with Crippen molar-refractivity contribution in [2.45, 2.75) is 25.4 Å². The Hall–Kier alpha value is -2.94. The monoisotopic (exact) mass is 390 g/mol. The third-order valence-corrected chi connectivity index (χ3v) is 5.14. The SMILES string of the molecule is COc1ccc(CN(C(=O)COC(=O)c2ccc([N+](=O)[O-])s2)C2CC2)cc1. The van der Waals surface area contributed by atoms with E-state index in [1.165, 1.54) is 12.1 Å². The van der Waals surface area contributed by atoms with Gasteiger partial charge in [0.25, 0.3) is 5.91 Å². The van der Waals surface area contributed by atoms with Crippen molar-refractivity contribution in [3.05, 3.63) is 57.0 Å². The Labute approximate surface area is 159 Å². The van der Waals surface area contributed by atoms with Crippen LogP contribution in [-0.4, -0.2) is 41.5 Å². The van der Waals surface area contributed by atoms with E-state index in [1.807, 2.05) is 24.3 Å². The first-order chi connectivity index (χ1) is 13.0. The second kappa shape index (κ2) is 8.17. The molecular formula is C18H18N2O6S. The number of methoxy groups -OCH3 is 1. The van der Waals surface area contributed by atoms with Crippen LogP contribution in [-0.2, 0) is 16.1 Å². The van der Waals surface area contributed by atoms with E-state index in [0.717, 1.165) is 35.5 Å². The standard InChI is InChI=1S/C18H18N2O6S/c1-25-14-6-2-12(3-7-14)10-19(13-4-5-13)16(21)11-26-18(22)15-8-9-17(27-15)20(23)24/h2-3,6-9,13H,4-5,10-11H2,1H3. The lowest BCUT2D eigenvalue weighted by Crippen LogP contribution is -2.36. The molecule has 1 aromatic heterocycles. The Kier molecular flexibility index (Phi) is 5.70. The number of nitro groups is 1. The molecule has 1 aromatic carbocycles. The maximum atomic E-state index is 12.5. The van der Waals surface area contributed by atoms with Crippen LogP contribution >= 0.6 is 11.3 Å². The number of nitrogens with zero attached hydrogens (tertiary/aromatic N) is 2. The van der Waals surface area contributed by atoms with Crippen molar-refractivity contribution in [3.63, 3.8) is 0 Å². The van der Waals surface area contributed by atoms with Crippen LogP contribution in [0.25, 0.3) is 0 Å². The van der Waals surface area contributed by atoms with Gasteiger partial charge in [0.2, 0.25) is 0 Å². The van der Waals surface area contributed by atoms with E-state index in [1.54, 1.807) is 12.0 Å². The van der Waals surface area contributed by atoms with Gasteiger partial charge in [-0.3, -0.25) is 14.9 Å². The Morgan fingerprint density at radius 3 is 2.48 bits per heavy atom. The van der Waals surface area contributed by atoms with E-state index in [4.69, 9.17) is 9.47 Å². The summed E-state index contributed by atoms with van der Waals surface area (Å²) in [5.74, 6) is -0.281. The van der Waals surface area contributed by atoms with Crippen molar-refractivity contribution in [3.8, 4) is 5.75 Å². The molecular weight excluding hydrogens is 372 g/mol. The van der Waals surface area contributed by atoms with E-state index in [2.05, 4.69) is 0 Å². The number of esters is 1. The van der Waals surface area contributed by atoms with Gasteiger partial charge in [0.05, 0.1) is 12.0 Å². The summed E-state index contributed by atoms with van der Waals surface area (Å²) in [5, 5.41) is 10.5. The van der Waals surface area contributed by atoms with Gasteiger partial charge < -0.3 is 14.4 Å². The Balaban J connectivity index is 1.58. The molecule has 142 valence electrons. The summed E-state index contributed by atoms with van der Waals surface area (Å²) in [4.78, 5) is 36.4. The minimum Gasteiger partial charge on any atom is -0.497 e. The van der Waals surface area contributed by atoms with Crippen molar-refractivity contribution >= 4 is 28.2 Å². The fraction of sp³-hybridized carbons (Fsp3) is 0.333. The highest BCUT2D eigenvalue weighted by atomic mass is 32.1. The molecule has 1 amide bonds. The number of ether oxygens (including phenoxy) is 2. The Bertz CT molecular complexity index is 844. The first-order valence-corrected chi connectivity index (χ1v) is 9.13. The summed E-state index contributed by atoms with van der Waals surface area (Å²) < 4.78 is 10.2. The molecule has 1 heterocycles. The summed E-state index contributed by atoms with van der Waals surface area (Å²) in [7, 11) is 1.59. The number of carbonyl (C=O) groups is 2. The average Bonchev–Trinajstić information content (AvgIpc) is 3.38. The molecule has 8 nitrogen and oxygen atoms in total. The maximum absolute atomic E-state index is 12.5. The third-order valence-electron chi connectivity index (χ3n) is 4.12. The fourth-order valence-electron chi connectivity index (χ4n) is 2.55. The largest absolute Gasteiger partial charge is 0.497 e. The summed E-state index contributed by atoms with van der Waals surface area (Å²) >= 11 is 0.723. The average molecular weight is 390 g/mol.